The van der Waals surface area contributed by atoms with Gasteiger partial charge in [-0.3, -0.25) is 0 Å². The highest BCUT2D eigenvalue weighted by Crippen LogP contribution is 2.29. The van der Waals surface area contributed by atoms with Crippen molar-refractivity contribution in [2.75, 3.05) is 5.32 Å². The van der Waals surface area contributed by atoms with E-state index in [9.17, 15) is 0 Å². The molecule has 6 nitrogen and oxygen atoms in total. The lowest BCUT2D eigenvalue weighted by Crippen LogP contribution is -2.08. The van der Waals surface area contributed by atoms with Crippen LogP contribution in [-0.2, 0) is 20.2 Å². The number of aromatic nitrogens is 4. The van der Waals surface area contributed by atoms with E-state index in [4.69, 9.17) is 4.74 Å². The van der Waals surface area contributed by atoms with Gasteiger partial charge in [0.15, 0.2) is 0 Å². The molecule has 27 heavy (non-hydrogen) atoms. The number of nitrogens with one attached hydrogen (secondary N) is 1. The zero-order valence-electron chi connectivity index (χ0n) is 15.4. The first kappa shape index (κ1) is 17.0. The third-order valence-corrected chi connectivity index (χ3v) is 4.56. The van der Waals surface area contributed by atoms with Crippen LogP contribution in [-0.4, -0.2) is 20.2 Å². The summed E-state index contributed by atoms with van der Waals surface area (Å²) in [6, 6.07) is 20.8. The molecule has 1 aromatic heterocycles. The van der Waals surface area contributed by atoms with E-state index in [0.29, 0.717) is 19.1 Å². The van der Waals surface area contributed by atoms with Crippen LogP contribution in [0.15, 0.2) is 60.7 Å². The van der Waals surface area contributed by atoms with Crippen LogP contribution in [0.4, 0.5) is 5.95 Å². The normalized spacial score (nSPS) is 10.9. The van der Waals surface area contributed by atoms with Crippen LogP contribution in [0.3, 0.4) is 0 Å². The zero-order valence-corrected chi connectivity index (χ0v) is 15.4. The smallest absolute Gasteiger partial charge is 0.242 e. The number of fused-ring (bicyclic) bond motifs is 1. The zero-order chi connectivity index (χ0) is 18.6. The number of benzene rings is 3. The Bertz CT molecular complexity index is 1060. The molecule has 0 aliphatic rings. The van der Waals surface area contributed by atoms with Crippen molar-refractivity contribution < 1.29 is 4.74 Å². The molecule has 0 unspecified atom stereocenters. The Morgan fingerprint density at radius 3 is 2.59 bits per heavy atom. The lowest BCUT2D eigenvalue weighted by atomic mass is 10.0. The van der Waals surface area contributed by atoms with Crippen molar-refractivity contribution in [3.05, 3.63) is 77.4 Å². The van der Waals surface area contributed by atoms with E-state index in [0.717, 1.165) is 22.3 Å². The van der Waals surface area contributed by atoms with E-state index in [1.54, 1.807) is 11.7 Å². The predicted molar refractivity (Wildman–Crippen MR) is 106 cm³/mol. The number of hydrogen-bond acceptors (Lipinski definition) is 5. The maximum atomic E-state index is 6.17. The van der Waals surface area contributed by atoms with E-state index in [-0.39, 0.29) is 0 Å². The number of rotatable bonds is 6. The van der Waals surface area contributed by atoms with Gasteiger partial charge in [-0.1, -0.05) is 65.3 Å². The predicted octanol–water partition coefficient (Wildman–Crippen LogP) is 3.86. The maximum Gasteiger partial charge on any atom is 0.242 e. The lowest BCUT2D eigenvalue weighted by molar-refractivity contribution is 0.304. The monoisotopic (exact) mass is 359 g/mol. The van der Waals surface area contributed by atoms with Crippen molar-refractivity contribution in [2.45, 2.75) is 20.1 Å². The lowest BCUT2D eigenvalue weighted by Gasteiger charge is -2.15. The van der Waals surface area contributed by atoms with E-state index in [1.807, 2.05) is 18.2 Å². The number of anilines is 1. The van der Waals surface area contributed by atoms with Crippen LogP contribution in [0.2, 0.25) is 0 Å². The second-order valence-electron chi connectivity index (χ2n) is 6.52. The van der Waals surface area contributed by atoms with Crippen molar-refractivity contribution in [2.24, 2.45) is 7.05 Å². The molecule has 136 valence electrons. The minimum atomic E-state index is 0.525. The van der Waals surface area contributed by atoms with E-state index >= 15 is 0 Å². The highest BCUT2D eigenvalue weighted by Gasteiger charge is 2.11. The Labute approximate surface area is 157 Å². The highest BCUT2D eigenvalue weighted by molar-refractivity contribution is 5.88. The Balaban J connectivity index is 1.62. The molecule has 0 spiro atoms. The molecule has 0 saturated heterocycles. The van der Waals surface area contributed by atoms with Crippen molar-refractivity contribution >= 4 is 16.7 Å². The number of nitrogens with zero attached hydrogens (tertiary/aromatic N) is 4. The molecule has 0 aliphatic heterocycles. The minimum absolute atomic E-state index is 0.525. The standard InChI is InChI=1S/C21H21N5O/c1-15-7-9-16(10-8-15)14-27-20-12-11-17-5-3-4-6-18(17)19(20)13-22-21-23-24-25-26(21)2/h3-12H,13-14H2,1-2H3,(H,22,23,25). The first-order valence-electron chi connectivity index (χ1n) is 8.86. The first-order valence-corrected chi connectivity index (χ1v) is 8.86. The minimum Gasteiger partial charge on any atom is -0.489 e. The summed E-state index contributed by atoms with van der Waals surface area (Å²) in [6.45, 7) is 3.18. The van der Waals surface area contributed by atoms with Gasteiger partial charge >= 0.3 is 0 Å². The number of ether oxygens (including phenoxy) is 1. The van der Waals surface area contributed by atoms with Crippen LogP contribution in [0, 0.1) is 6.92 Å². The van der Waals surface area contributed by atoms with Gasteiger partial charge < -0.3 is 10.1 Å². The number of hydrogen-bond donors (Lipinski definition) is 1. The van der Waals surface area contributed by atoms with Crippen LogP contribution < -0.4 is 10.1 Å². The number of aryl methyl sites for hydroxylation is 2. The van der Waals surface area contributed by atoms with Crippen LogP contribution >= 0.6 is 0 Å². The van der Waals surface area contributed by atoms with Crippen LogP contribution in [0.1, 0.15) is 16.7 Å². The van der Waals surface area contributed by atoms with Crippen molar-refractivity contribution in [1.82, 2.24) is 20.2 Å². The molecule has 0 aliphatic carbocycles. The van der Waals surface area contributed by atoms with E-state index in [1.165, 1.54) is 10.9 Å². The van der Waals surface area contributed by atoms with Gasteiger partial charge in [0.25, 0.3) is 0 Å². The molecule has 0 radical (unpaired) electrons. The van der Waals surface area contributed by atoms with Gasteiger partial charge in [0.05, 0.1) is 0 Å². The fourth-order valence-corrected chi connectivity index (χ4v) is 3.03. The van der Waals surface area contributed by atoms with E-state index in [2.05, 4.69) is 70.2 Å². The fourth-order valence-electron chi connectivity index (χ4n) is 3.03. The topological polar surface area (TPSA) is 64.9 Å². The summed E-state index contributed by atoms with van der Waals surface area (Å²) in [5, 5.41) is 17.1. The van der Waals surface area contributed by atoms with Gasteiger partial charge in [-0.2, -0.15) is 0 Å². The molecule has 0 bridgehead atoms. The van der Waals surface area contributed by atoms with Crippen molar-refractivity contribution in [3.8, 4) is 5.75 Å². The number of tetrazole rings is 1. The fraction of sp³-hybridized carbons (Fsp3) is 0.190. The summed E-state index contributed by atoms with van der Waals surface area (Å²) < 4.78 is 7.78. The van der Waals surface area contributed by atoms with Gasteiger partial charge in [-0.05, 0) is 39.8 Å². The quantitative estimate of drug-likeness (QED) is 0.566. The largest absolute Gasteiger partial charge is 0.489 e. The third kappa shape index (κ3) is 3.74. The highest BCUT2D eigenvalue weighted by atomic mass is 16.5. The summed E-state index contributed by atoms with van der Waals surface area (Å²) in [5.74, 6) is 1.48. The van der Waals surface area contributed by atoms with Gasteiger partial charge in [-0.25, -0.2) is 4.68 Å². The van der Waals surface area contributed by atoms with Crippen LogP contribution in [0.25, 0.3) is 10.8 Å². The first-order chi connectivity index (χ1) is 13.2. The van der Waals surface area contributed by atoms with E-state index < -0.39 is 0 Å². The molecule has 4 aromatic rings. The molecule has 1 N–H and O–H groups in total. The van der Waals surface area contributed by atoms with Crippen LogP contribution in [0.5, 0.6) is 5.75 Å². The second kappa shape index (κ2) is 7.45. The molecule has 1 heterocycles. The molecule has 6 heteroatoms. The second-order valence-corrected chi connectivity index (χ2v) is 6.52. The summed E-state index contributed by atoms with van der Waals surface area (Å²) in [7, 11) is 1.81. The van der Waals surface area contributed by atoms with Crippen molar-refractivity contribution in [1.29, 1.82) is 0 Å². The molecule has 4 rings (SSSR count). The SMILES string of the molecule is Cc1ccc(COc2ccc3ccccc3c2CNc2nnnn2C)cc1. The molecular formula is C21H21N5O. The Kier molecular flexibility index (Phi) is 4.70. The average molecular weight is 359 g/mol. The molecular weight excluding hydrogens is 338 g/mol. The Hall–Kier alpha value is -3.41. The van der Waals surface area contributed by atoms with Gasteiger partial charge in [-0.15, -0.1) is 0 Å². The van der Waals surface area contributed by atoms with Gasteiger partial charge in [0, 0.05) is 19.2 Å². The molecule has 0 atom stereocenters. The summed E-state index contributed by atoms with van der Waals surface area (Å²) in [4.78, 5) is 0. The summed E-state index contributed by atoms with van der Waals surface area (Å²) in [5.41, 5.74) is 3.47. The molecule has 0 saturated carbocycles. The molecule has 0 fully saturated rings. The van der Waals surface area contributed by atoms with Gasteiger partial charge in [0.2, 0.25) is 5.95 Å². The summed E-state index contributed by atoms with van der Waals surface area (Å²) in [6.07, 6.45) is 0. The summed E-state index contributed by atoms with van der Waals surface area (Å²) >= 11 is 0. The molecule has 3 aromatic carbocycles. The Morgan fingerprint density at radius 2 is 1.81 bits per heavy atom. The Morgan fingerprint density at radius 1 is 1.00 bits per heavy atom. The van der Waals surface area contributed by atoms with Gasteiger partial charge in [0.1, 0.15) is 12.4 Å². The third-order valence-electron chi connectivity index (χ3n) is 4.56. The maximum absolute atomic E-state index is 6.17. The average Bonchev–Trinajstić information content (AvgIpc) is 3.11. The molecule has 0 amide bonds. The van der Waals surface area contributed by atoms with Crippen molar-refractivity contribution in [3.63, 3.8) is 0 Å².